The van der Waals surface area contributed by atoms with E-state index in [0.29, 0.717) is 5.69 Å². The highest BCUT2D eigenvalue weighted by molar-refractivity contribution is 7.13. The van der Waals surface area contributed by atoms with E-state index in [2.05, 4.69) is 43.8 Å². The standard InChI is InChI=1S/C25H19F3N6OS/c26-25(27,28)22-10-20(33-34-22)24-31-21(12-36-24)23(35)30-19-9-18-16(11-29-32-18)8-17(19)15-6-5-13-3-1-2-4-14(13)7-15/h5-12H,1-4H2,(H,29,32)(H,30,35)(H,33,34). The summed E-state index contributed by atoms with van der Waals surface area (Å²) in [5.74, 6) is -0.470. The molecule has 1 aliphatic carbocycles. The number of thiazole rings is 1. The molecular weight excluding hydrogens is 489 g/mol. The summed E-state index contributed by atoms with van der Waals surface area (Å²) in [5, 5.41) is 18.2. The molecule has 7 nitrogen and oxygen atoms in total. The number of carbonyl (C=O) groups excluding carboxylic acids is 1. The molecule has 2 aromatic carbocycles. The van der Waals surface area contributed by atoms with Gasteiger partial charge in [0.15, 0.2) is 0 Å². The Labute approximate surface area is 206 Å². The van der Waals surface area contributed by atoms with Gasteiger partial charge in [-0.25, -0.2) is 4.98 Å². The number of anilines is 1. The fourth-order valence-corrected chi connectivity index (χ4v) is 5.25. The van der Waals surface area contributed by atoms with E-state index in [-0.39, 0.29) is 16.4 Å². The van der Waals surface area contributed by atoms with Crippen molar-refractivity contribution in [1.29, 1.82) is 0 Å². The minimum atomic E-state index is -4.54. The predicted molar refractivity (Wildman–Crippen MR) is 131 cm³/mol. The van der Waals surface area contributed by atoms with Gasteiger partial charge in [-0.3, -0.25) is 15.0 Å². The first-order valence-corrected chi connectivity index (χ1v) is 12.2. The SMILES string of the molecule is O=C(Nc1cc2[nH]ncc2cc1-c1ccc2c(c1)CCCC2)c1csc(-c2cc(C(F)(F)F)[nH]n2)n1. The average molecular weight is 509 g/mol. The van der Waals surface area contributed by atoms with Crippen LogP contribution in [0, 0.1) is 0 Å². The van der Waals surface area contributed by atoms with Crippen LogP contribution in [0.2, 0.25) is 0 Å². The summed E-state index contributed by atoms with van der Waals surface area (Å²) in [4.78, 5) is 17.3. The Morgan fingerprint density at radius 2 is 1.86 bits per heavy atom. The number of nitrogens with zero attached hydrogens (tertiary/aromatic N) is 3. The van der Waals surface area contributed by atoms with Gasteiger partial charge in [-0.2, -0.15) is 23.4 Å². The number of rotatable bonds is 4. The first-order valence-electron chi connectivity index (χ1n) is 11.3. The molecule has 0 bridgehead atoms. The highest BCUT2D eigenvalue weighted by Gasteiger charge is 2.33. The van der Waals surface area contributed by atoms with Crippen LogP contribution in [0.25, 0.3) is 32.7 Å². The van der Waals surface area contributed by atoms with Crippen molar-refractivity contribution in [1.82, 2.24) is 25.4 Å². The number of fused-ring (bicyclic) bond motifs is 2. The molecule has 3 N–H and O–H groups in total. The van der Waals surface area contributed by atoms with Gasteiger partial charge >= 0.3 is 6.18 Å². The maximum atomic E-state index is 13.1. The van der Waals surface area contributed by atoms with Crippen molar-refractivity contribution in [2.24, 2.45) is 0 Å². The fourth-order valence-electron chi connectivity index (χ4n) is 4.49. The van der Waals surface area contributed by atoms with Gasteiger partial charge < -0.3 is 5.32 Å². The van der Waals surface area contributed by atoms with Crippen LogP contribution in [-0.4, -0.2) is 31.3 Å². The number of halogens is 3. The van der Waals surface area contributed by atoms with Crippen molar-refractivity contribution in [2.45, 2.75) is 31.9 Å². The van der Waals surface area contributed by atoms with Crippen LogP contribution in [0.5, 0.6) is 0 Å². The largest absolute Gasteiger partial charge is 0.432 e. The topological polar surface area (TPSA) is 99.3 Å². The van der Waals surface area contributed by atoms with Gasteiger partial charge in [0.2, 0.25) is 0 Å². The molecule has 0 spiro atoms. The van der Waals surface area contributed by atoms with Crippen LogP contribution >= 0.6 is 11.3 Å². The van der Waals surface area contributed by atoms with Crippen molar-refractivity contribution >= 4 is 33.8 Å². The number of hydrogen-bond donors (Lipinski definition) is 3. The highest BCUT2D eigenvalue weighted by Crippen LogP contribution is 2.35. The Morgan fingerprint density at radius 1 is 1.03 bits per heavy atom. The zero-order valence-electron chi connectivity index (χ0n) is 18.7. The number of aryl methyl sites for hydroxylation is 2. The molecular formula is C25H19F3N6OS. The Balaban J connectivity index is 1.32. The van der Waals surface area contributed by atoms with Crippen LogP contribution in [0.3, 0.4) is 0 Å². The molecule has 0 atom stereocenters. The average Bonchev–Trinajstić information content (AvgIpc) is 3.63. The second-order valence-corrected chi connectivity index (χ2v) is 9.56. The van der Waals surface area contributed by atoms with Gasteiger partial charge in [0.25, 0.3) is 5.91 Å². The molecule has 0 saturated carbocycles. The number of amides is 1. The lowest BCUT2D eigenvalue weighted by molar-refractivity contribution is -0.141. The minimum absolute atomic E-state index is 0.0278. The smallest absolute Gasteiger partial charge is 0.320 e. The number of aromatic amines is 2. The van der Waals surface area contributed by atoms with Gasteiger partial charge in [-0.1, -0.05) is 18.2 Å². The van der Waals surface area contributed by atoms with Gasteiger partial charge in [-0.15, -0.1) is 11.3 Å². The van der Waals surface area contributed by atoms with Crippen molar-refractivity contribution in [2.75, 3.05) is 5.32 Å². The lowest BCUT2D eigenvalue weighted by Gasteiger charge is -2.18. The first kappa shape index (κ1) is 22.5. The molecule has 1 aliphatic rings. The molecule has 3 aromatic heterocycles. The molecule has 5 aromatic rings. The van der Waals surface area contributed by atoms with E-state index in [1.165, 1.54) is 22.9 Å². The zero-order chi connectivity index (χ0) is 24.9. The highest BCUT2D eigenvalue weighted by atomic mass is 32.1. The molecule has 0 fully saturated rings. The maximum Gasteiger partial charge on any atom is 0.432 e. The van der Waals surface area contributed by atoms with Crippen LogP contribution < -0.4 is 5.32 Å². The van der Waals surface area contributed by atoms with Crippen molar-refractivity contribution in [3.05, 3.63) is 70.5 Å². The van der Waals surface area contributed by atoms with E-state index < -0.39 is 17.8 Å². The van der Waals surface area contributed by atoms with Crippen molar-refractivity contribution in [3.8, 4) is 21.8 Å². The van der Waals surface area contributed by atoms with Crippen LogP contribution in [0.1, 0.15) is 40.2 Å². The number of carbonyl (C=O) groups is 1. The summed E-state index contributed by atoms with van der Waals surface area (Å²) in [6.45, 7) is 0. The Morgan fingerprint density at radius 3 is 2.67 bits per heavy atom. The van der Waals surface area contributed by atoms with Crippen LogP contribution in [0.15, 0.2) is 48.0 Å². The molecule has 36 heavy (non-hydrogen) atoms. The number of aromatic nitrogens is 5. The number of benzene rings is 2. The van der Waals surface area contributed by atoms with E-state index in [1.807, 2.05) is 17.2 Å². The molecule has 0 aliphatic heterocycles. The predicted octanol–water partition coefficient (Wildman–Crippen LogP) is 6.23. The molecule has 3 heterocycles. The number of hydrogen-bond acceptors (Lipinski definition) is 5. The Kier molecular flexibility index (Phi) is 5.36. The lowest BCUT2D eigenvalue weighted by atomic mass is 9.88. The fraction of sp³-hybridized carbons (Fsp3) is 0.200. The lowest BCUT2D eigenvalue weighted by Crippen LogP contribution is -2.13. The van der Waals surface area contributed by atoms with Gasteiger partial charge in [0, 0.05) is 16.3 Å². The van der Waals surface area contributed by atoms with Gasteiger partial charge in [0.05, 0.1) is 17.4 Å². The molecule has 0 unspecified atom stereocenters. The summed E-state index contributed by atoms with van der Waals surface area (Å²) in [6.07, 6.45) is 1.65. The quantitative estimate of drug-likeness (QED) is 0.268. The first-order chi connectivity index (χ1) is 17.3. The maximum absolute atomic E-state index is 13.1. The Bertz CT molecular complexity index is 1600. The van der Waals surface area contributed by atoms with Crippen molar-refractivity contribution in [3.63, 3.8) is 0 Å². The number of H-pyrrole nitrogens is 2. The normalized spacial score (nSPS) is 13.6. The molecule has 182 valence electrons. The number of nitrogens with one attached hydrogen (secondary N) is 3. The minimum Gasteiger partial charge on any atom is -0.320 e. The summed E-state index contributed by atoms with van der Waals surface area (Å²) in [7, 11) is 0. The van der Waals surface area contributed by atoms with E-state index in [9.17, 15) is 18.0 Å². The summed E-state index contributed by atoms with van der Waals surface area (Å²) < 4.78 is 38.7. The summed E-state index contributed by atoms with van der Waals surface area (Å²) in [5.41, 5.74) is 5.02. The monoisotopic (exact) mass is 508 g/mol. The van der Waals surface area contributed by atoms with E-state index in [1.54, 1.807) is 6.20 Å². The molecule has 0 saturated heterocycles. The zero-order valence-corrected chi connectivity index (χ0v) is 19.6. The van der Waals surface area contributed by atoms with E-state index in [0.717, 1.165) is 58.7 Å². The second kappa shape index (κ2) is 8.59. The summed E-state index contributed by atoms with van der Waals surface area (Å²) in [6, 6.07) is 11.1. The molecule has 0 radical (unpaired) electrons. The molecule has 1 amide bonds. The van der Waals surface area contributed by atoms with Crippen molar-refractivity contribution < 1.29 is 18.0 Å². The number of alkyl halides is 3. The van der Waals surface area contributed by atoms with Crippen LogP contribution in [-0.2, 0) is 19.0 Å². The third-order valence-electron chi connectivity index (χ3n) is 6.33. The third-order valence-corrected chi connectivity index (χ3v) is 7.19. The second-order valence-electron chi connectivity index (χ2n) is 8.70. The van der Waals surface area contributed by atoms with Crippen LogP contribution in [0.4, 0.5) is 18.9 Å². The van der Waals surface area contributed by atoms with Gasteiger partial charge in [0.1, 0.15) is 22.1 Å². The molecule has 6 rings (SSSR count). The summed E-state index contributed by atoms with van der Waals surface area (Å²) >= 11 is 1.05. The third kappa shape index (κ3) is 4.15. The van der Waals surface area contributed by atoms with E-state index >= 15 is 0 Å². The Hall–Kier alpha value is -3.99. The van der Waals surface area contributed by atoms with E-state index in [4.69, 9.17) is 0 Å². The van der Waals surface area contributed by atoms with Gasteiger partial charge in [-0.05, 0) is 60.6 Å². The molecule has 11 heteroatoms.